The second-order valence-electron chi connectivity index (χ2n) is 4.58. The minimum absolute atomic E-state index is 0.406. The van der Waals surface area contributed by atoms with E-state index in [-0.39, 0.29) is 0 Å². The van der Waals surface area contributed by atoms with E-state index in [1.807, 2.05) is 24.3 Å². The van der Waals surface area contributed by atoms with Gasteiger partial charge in [0, 0.05) is 6.54 Å². The minimum atomic E-state index is -0.919. The lowest BCUT2D eigenvalue weighted by atomic mass is 9.92. The van der Waals surface area contributed by atoms with Crippen LogP contribution in [0, 0.1) is 0 Å². The summed E-state index contributed by atoms with van der Waals surface area (Å²) >= 11 is 0. The van der Waals surface area contributed by atoms with Crippen molar-refractivity contribution in [2.75, 3.05) is 0 Å². The zero-order valence-electron chi connectivity index (χ0n) is 10.2. The average molecular weight is 248 g/mol. The molecule has 0 aliphatic carbocycles. The Kier molecular flexibility index (Phi) is 3.34. The molecule has 1 aliphatic rings. The first-order valence-corrected chi connectivity index (χ1v) is 5.85. The van der Waals surface area contributed by atoms with Crippen LogP contribution in [0.5, 0.6) is 0 Å². The van der Waals surface area contributed by atoms with Gasteiger partial charge in [0.25, 0.3) is 0 Å². The van der Waals surface area contributed by atoms with Gasteiger partial charge in [-0.25, -0.2) is 0 Å². The first-order valence-electron chi connectivity index (χ1n) is 5.85. The molecule has 0 fully saturated rings. The molecule has 0 radical (unpaired) electrons. The SMILES string of the molecule is CC(C(N)=O)N1Cc2ccccc2C[C@H]1C(=O)O. The monoisotopic (exact) mass is 248 g/mol. The molecule has 2 atom stereocenters. The van der Waals surface area contributed by atoms with Crippen LogP contribution in [0.2, 0.25) is 0 Å². The molecule has 1 unspecified atom stereocenters. The van der Waals surface area contributed by atoms with Crippen LogP contribution in [0.25, 0.3) is 0 Å². The number of carboxylic acids is 1. The van der Waals surface area contributed by atoms with E-state index in [1.54, 1.807) is 11.8 Å². The third-order valence-electron chi connectivity index (χ3n) is 3.48. The van der Waals surface area contributed by atoms with Crippen LogP contribution < -0.4 is 5.73 Å². The van der Waals surface area contributed by atoms with Crippen LogP contribution in [0.3, 0.4) is 0 Å². The summed E-state index contributed by atoms with van der Waals surface area (Å²) in [5.74, 6) is -1.42. The Labute approximate surface area is 105 Å². The number of amides is 1. The zero-order chi connectivity index (χ0) is 13.3. The van der Waals surface area contributed by atoms with E-state index < -0.39 is 24.0 Å². The van der Waals surface area contributed by atoms with Gasteiger partial charge in [-0.1, -0.05) is 24.3 Å². The highest BCUT2D eigenvalue weighted by atomic mass is 16.4. The van der Waals surface area contributed by atoms with Crippen molar-refractivity contribution in [1.29, 1.82) is 0 Å². The van der Waals surface area contributed by atoms with Crippen molar-refractivity contribution in [1.82, 2.24) is 4.90 Å². The highest BCUT2D eigenvalue weighted by Crippen LogP contribution is 2.25. The fraction of sp³-hybridized carbons (Fsp3) is 0.385. The summed E-state index contributed by atoms with van der Waals surface area (Å²) in [6, 6.07) is 6.41. The molecule has 1 amide bonds. The lowest BCUT2D eigenvalue weighted by Gasteiger charge is -2.37. The van der Waals surface area contributed by atoms with Crippen molar-refractivity contribution in [2.24, 2.45) is 5.73 Å². The molecule has 0 saturated heterocycles. The number of carbonyl (C=O) groups is 2. The first-order chi connectivity index (χ1) is 8.50. The number of primary amides is 1. The molecule has 2 rings (SSSR count). The molecule has 5 nitrogen and oxygen atoms in total. The maximum atomic E-state index is 11.3. The summed E-state index contributed by atoms with van der Waals surface area (Å²) in [6.07, 6.45) is 0.406. The summed E-state index contributed by atoms with van der Waals surface area (Å²) in [4.78, 5) is 24.2. The summed E-state index contributed by atoms with van der Waals surface area (Å²) in [5, 5.41) is 9.27. The average Bonchev–Trinajstić information content (AvgIpc) is 2.36. The smallest absolute Gasteiger partial charge is 0.321 e. The predicted octanol–water partition coefficient (Wildman–Crippen LogP) is 0.372. The number of nitrogens with zero attached hydrogens (tertiary/aromatic N) is 1. The van der Waals surface area contributed by atoms with Crippen LogP contribution in [0.1, 0.15) is 18.1 Å². The van der Waals surface area contributed by atoms with Gasteiger partial charge >= 0.3 is 5.97 Å². The molecule has 1 heterocycles. The summed E-state index contributed by atoms with van der Waals surface area (Å²) in [5.41, 5.74) is 7.36. The molecule has 18 heavy (non-hydrogen) atoms. The normalized spacial score (nSPS) is 21.1. The number of nitrogens with two attached hydrogens (primary N) is 1. The van der Waals surface area contributed by atoms with E-state index in [1.165, 1.54) is 0 Å². The highest BCUT2D eigenvalue weighted by molar-refractivity contribution is 5.81. The van der Waals surface area contributed by atoms with Crippen LogP contribution in [-0.2, 0) is 22.6 Å². The van der Waals surface area contributed by atoms with Gasteiger partial charge in [0.05, 0.1) is 6.04 Å². The molecule has 1 aromatic carbocycles. The molecular formula is C13H16N2O3. The van der Waals surface area contributed by atoms with Crippen LogP contribution in [-0.4, -0.2) is 34.0 Å². The number of benzene rings is 1. The van der Waals surface area contributed by atoms with Gasteiger partial charge in [0.2, 0.25) is 5.91 Å². The molecular weight excluding hydrogens is 232 g/mol. The van der Waals surface area contributed by atoms with Crippen molar-refractivity contribution in [3.8, 4) is 0 Å². The van der Waals surface area contributed by atoms with E-state index in [0.29, 0.717) is 13.0 Å². The van der Waals surface area contributed by atoms with Crippen molar-refractivity contribution >= 4 is 11.9 Å². The fourth-order valence-electron chi connectivity index (χ4n) is 2.34. The Morgan fingerprint density at radius 3 is 2.56 bits per heavy atom. The van der Waals surface area contributed by atoms with Crippen molar-refractivity contribution in [2.45, 2.75) is 32.0 Å². The molecule has 0 saturated carbocycles. The molecule has 1 aromatic rings. The number of hydrogen-bond acceptors (Lipinski definition) is 3. The van der Waals surface area contributed by atoms with E-state index in [9.17, 15) is 14.7 Å². The molecule has 1 aliphatic heterocycles. The number of carboxylic acid groups (broad SMARTS) is 1. The Hall–Kier alpha value is -1.88. The summed E-state index contributed by atoms with van der Waals surface area (Å²) in [7, 11) is 0. The van der Waals surface area contributed by atoms with Crippen LogP contribution >= 0.6 is 0 Å². The second kappa shape index (κ2) is 4.78. The third-order valence-corrected chi connectivity index (χ3v) is 3.48. The van der Waals surface area contributed by atoms with Gasteiger partial charge in [0.15, 0.2) is 0 Å². The quantitative estimate of drug-likeness (QED) is 0.809. The lowest BCUT2D eigenvalue weighted by Crippen LogP contribution is -2.53. The number of hydrogen-bond donors (Lipinski definition) is 2. The number of carbonyl (C=O) groups excluding carboxylic acids is 1. The van der Waals surface area contributed by atoms with Gasteiger partial charge in [0.1, 0.15) is 6.04 Å². The standard InChI is InChI=1S/C13H16N2O3/c1-8(12(14)16)15-7-10-5-3-2-4-9(10)6-11(15)13(17)18/h2-5,8,11H,6-7H2,1H3,(H2,14,16)(H,17,18)/t8?,11-/m0/s1. The number of aliphatic carboxylic acids is 1. The topological polar surface area (TPSA) is 83.6 Å². The van der Waals surface area contributed by atoms with Crippen molar-refractivity contribution in [3.05, 3.63) is 35.4 Å². The second-order valence-corrected chi connectivity index (χ2v) is 4.58. The van der Waals surface area contributed by atoms with Gasteiger partial charge in [-0.15, -0.1) is 0 Å². The molecule has 0 bridgehead atoms. The molecule has 0 spiro atoms. The Balaban J connectivity index is 2.34. The van der Waals surface area contributed by atoms with Crippen molar-refractivity contribution in [3.63, 3.8) is 0 Å². The number of rotatable bonds is 3. The fourth-order valence-corrected chi connectivity index (χ4v) is 2.34. The summed E-state index contributed by atoms with van der Waals surface area (Å²) in [6.45, 7) is 2.09. The van der Waals surface area contributed by atoms with E-state index in [0.717, 1.165) is 11.1 Å². The van der Waals surface area contributed by atoms with Gasteiger partial charge in [-0.2, -0.15) is 0 Å². The largest absolute Gasteiger partial charge is 0.480 e. The van der Waals surface area contributed by atoms with E-state index in [4.69, 9.17) is 5.73 Å². The Morgan fingerprint density at radius 1 is 1.39 bits per heavy atom. The van der Waals surface area contributed by atoms with E-state index in [2.05, 4.69) is 0 Å². The van der Waals surface area contributed by atoms with Crippen LogP contribution in [0.4, 0.5) is 0 Å². The predicted molar refractivity (Wildman–Crippen MR) is 65.8 cm³/mol. The van der Waals surface area contributed by atoms with Gasteiger partial charge in [-0.3, -0.25) is 14.5 Å². The maximum Gasteiger partial charge on any atom is 0.321 e. The molecule has 96 valence electrons. The third kappa shape index (κ3) is 2.22. The molecule has 5 heteroatoms. The number of fused-ring (bicyclic) bond motifs is 1. The minimum Gasteiger partial charge on any atom is -0.480 e. The molecule has 0 aromatic heterocycles. The first kappa shape index (κ1) is 12.6. The Morgan fingerprint density at radius 2 is 2.00 bits per heavy atom. The molecule has 3 N–H and O–H groups in total. The zero-order valence-corrected chi connectivity index (χ0v) is 10.2. The van der Waals surface area contributed by atoms with Gasteiger partial charge in [-0.05, 0) is 24.5 Å². The highest BCUT2D eigenvalue weighted by Gasteiger charge is 2.35. The Bertz CT molecular complexity index is 487. The maximum absolute atomic E-state index is 11.3. The van der Waals surface area contributed by atoms with E-state index >= 15 is 0 Å². The summed E-state index contributed by atoms with van der Waals surface area (Å²) < 4.78 is 0. The van der Waals surface area contributed by atoms with Gasteiger partial charge < -0.3 is 10.8 Å². The van der Waals surface area contributed by atoms with Crippen molar-refractivity contribution < 1.29 is 14.7 Å². The van der Waals surface area contributed by atoms with Crippen LogP contribution in [0.15, 0.2) is 24.3 Å². The lowest BCUT2D eigenvalue weighted by molar-refractivity contribution is -0.146.